The van der Waals surface area contributed by atoms with Crippen LogP contribution in [0.3, 0.4) is 0 Å². The fourth-order valence-electron chi connectivity index (χ4n) is 2.08. The summed E-state index contributed by atoms with van der Waals surface area (Å²) in [5.41, 5.74) is 7.82. The summed E-state index contributed by atoms with van der Waals surface area (Å²) < 4.78 is 5.57. The number of nitrogen functional groups attached to an aromatic ring is 1. The van der Waals surface area contributed by atoms with Crippen LogP contribution in [0.5, 0.6) is 0 Å². The summed E-state index contributed by atoms with van der Waals surface area (Å²) >= 11 is 0. The van der Waals surface area contributed by atoms with Gasteiger partial charge in [-0.2, -0.15) is 0 Å². The Kier molecular flexibility index (Phi) is 5.18. The lowest BCUT2D eigenvalue weighted by Crippen LogP contribution is -2.08. The van der Waals surface area contributed by atoms with E-state index in [2.05, 4.69) is 24.1 Å². The van der Waals surface area contributed by atoms with E-state index in [1.54, 1.807) is 6.20 Å². The number of aromatic nitrogens is 1. The minimum atomic E-state index is 0.594. The van der Waals surface area contributed by atoms with E-state index in [-0.39, 0.29) is 0 Å². The highest BCUT2D eigenvalue weighted by Gasteiger charge is 2.03. The summed E-state index contributed by atoms with van der Waals surface area (Å²) in [4.78, 5) is 4.12. The van der Waals surface area contributed by atoms with Gasteiger partial charge in [0.05, 0.1) is 0 Å². The van der Waals surface area contributed by atoms with Crippen LogP contribution in [0.15, 0.2) is 30.6 Å². The average Bonchev–Trinajstić information content (AvgIpc) is 2.45. The zero-order valence-corrected chi connectivity index (χ0v) is 12.2. The first kappa shape index (κ1) is 14.6. The molecular weight excluding hydrogens is 250 g/mol. The predicted octanol–water partition coefficient (Wildman–Crippen LogP) is 3.29. The monoisotopic (exact) mass is 273 g/mol. The minimum absolute atomic E-state index is 0.594. The van der Waals surface area contributed by atoms with Crippen molar-refractivity contribution in [3.63, 3.8) is 0 Å². The molecule has 0 radical (unpaired) electrons. The third-order valence-corrected chi connectivity index (χ3v) is 3.08. The van der Waals surface area contributed by atoms with Gasteiger partial charge < -0.3 is 15.8 Å². The van der Waals surface area contributed by atoms with E-state index in [0.29, 0.717) is 5.92 Å². The van der Waals surface area contributed by atoms with Crippen LogP contribution in [0.1, 0.15) is 20.3 Å². The van der Waals surface area contributed by atoms with Crippen molar-refractivity contribution in [2.45, 2.75) is 20.3 Å². The van der Waals surface area contributed by atoms with Gasteiger partial charge in [0, 0.05) is 54.3 Å². The largest absolute Gasteiger partial charge is 0.398 e. The van der Waals surface area contributed by atoms with Gasteiger partial charge in [-0.25, -0.2) is 0 Å². The number of nitrogens with one attached hydrogen (secondary N) is 1. The van der Waals surface area contributed by atoms with Crippen molar-refractivity contribution in [2.75, 3.05) is 30.8 Å². The van der Waals surface area contributed by atoms with Crippen LogP contribution < -0.4 is 11.1 Å². The van der Waals surface area contributed by atoms with Gasteiger partial charge in [-0.1, -0.05) is 13.8 Å². The zero-order chi connectivity index (χ0) is 14.4. The number of fused-ring (bicyclic) bond motifs is 1. The number of nitrogens with two attached hydrogens (primary N) is 1. The fraction of sp³-hybridized carbons (Fsp3) is 0.438. The second-order valence-corrected chi connectivity index (χ2v) is 5.37. The molecule has 0 spiro atoms. The summed E-state index contributed by atoms with van der Waals surface area (Å²) in [5.74, 6) is 0.594. The third kappa shape index (κ3) is 3.84. The van der Waals surface area contributed by atoms with E-state index in [1.807, 2.05) is 24.4 Å². The number of nitrogens with zero attached hydrogens (tertiary/aromatic N) is 1. The smallest absolute Gasteiger partial charge is 0.0489 e. The van der Waals surface area contributed by atoms with E-state index in [1.165, 1.54) is 0 Å². The number of ether oxygens (including phenoxy) is 1. The van der Waals surface area contributed by atoms with Crippen molar-refractivity contribution in [3.05, 3.63) is 30.6 Å². The summed E-state index contributed by atoms with van der Waals surface area (Å²) in [6, 6.07) is 5.93. The van der Waals surface area contributed by atoms with Gasteiger partial charge in [-0.05, 0) is 30.5 Å². The zero-order valence-electron chi connectivity index (χ0n) is 12.2. The Bertz CT molecular complexity index is 554. The lowest BCUT2D eigenvalue weighted by Gasteiger charge is -2.11. The van der Waals surface area contributed by atoms with E-state index < -0.39 is 0 Å². The number of benzene rings is 1. The average molecular weight is 273 g/mol. The normalized spacial score (nSPS) is 11.2. The standard InChI is InChI=1S/C16H23N3O/c1-12(2)11-20-9-3-7-19-16-5-4-15(17)14-10-18-8-6-13(14)16/h4-6,8,10,12,19H,3,7,9,11,17H2,1-2H3. The first-order valence-corrected chi connectivity index (χ1v) is 7.12. The lowest BCUT2D eigenvalue weighted by atomic mass is 10.1. The second kappa shape index (κ2) is 7.10. The third-order valence-electron chi connectivity index (χ3n) is 3.08. The van der Waals surface area contributed by atoms with Crippen molar-refractivity contribution in [1.29, 1.82) is 0 Å². The highest BCUT2D eigenvalue weighted by Crippen LogP contribution is 2.27. The number of rotatable bonds is 7. The SMILES string of the molecule is CC(C)COCCCNc1ccc(N)c2cnccc12. The molecule has 0 amide bonds. The van der Waals surface area contributed by atoms with Gasteiger partial charge in [-0.3, -0.25) is 4.98 Å². The number of hydrogen-bond donors (Lipinski definition) is 2. The molecule has 0 aliphatic heterocycles. The maximum absolute atomic E-state index is 5.96. The van der Waals surface area contributed by atoms with E-state index in [4.69, 9.17) is 10.5 Å². The first-order chi connectivity index (χ1) is 9.68. The highest BCUT2D eigenvalue weighted by atomic mass is 16.5. The molecule has 4 nitrogen and oxygen atoms in total. The maximum atomic E-state index is 5.96. The summed E-state index contributed by atoms with van der Waals surface area (Å²) in [6.45, 7) is 6.83. The molecule has 1 aromatic carbocycles. The summed E-state index contributed by atoms with van der Waals surface area (Å²) in [6.07, 6.45) is 4.59. The Balaban J connectivity index is 1.89. The molecule has 0 unspecified atom stereocenters. The van der Waals surface area contributed by atoms with Crippen LogP contribution in [0, 0.1) is 5.92 Å². The van der Waals surface area contributed by atoms with Crippen LogP contribution in [-0.4, -0.2) is 24.7 Å². The van der Waals surface area contributed by atoms with Gasteiger partial charge in [-0.15, -0.1) is 0 Å². The topological polar surface area (TPSA) is 60.2 Å². The van der Waals surface area contributed by atoms with Crippen molar-refractivity contribution >= 4 is 22.1 Å². The van der Waals surface area contributed by atoms with Crippen LogP contribution in [0.2, 0.25) is 0 Å². The lowest BCUT2D eigenvalue weighted by molar-refractivity contribution is 0.110. The number of hydrogen-bond acceptors (Lipinski definition) is 4. The molecule has 0 bridgehead atoms. The van der Waals surface area contributed by atoms with Gasteiger partial charge in [0.1, 0.15) is 0 Å². The molecule has 1 aromatic heterocycles. The molecule has 0 aliphatic carbocycles. The molecule has 0 fully saturated rings. The highest BCUT2D eigenvalue weighted by molar-refractivity contribution is 6.00. The van der Waals surface area contributed by atoms with Crippen LogP contribution in [0.25, 0.3) is 10.8 Å². The Hall–Kier alpha value is -1.81. The van der Waals surface area contributed by atoms with Crippen LogP contribution >= 0.6 is 0 Å². The molecule has 0 saturated heterocycles. The number of anilines is 2. The Morgan fingerprint density at radius 2 is 2.10 bits per heavy atom. The maximum Gasteiger partial charge on any atom is 0.0489 e. The van der Waals surface area contributed by atoms with Crippen LogP contribution in [-0.2, 0) is 4.74 Å². The number of pyridine rings is 1. The van der Waals surface area contributed by atoms with Gasteiger partial charge >= 0.3 is 0 Å². The molecule has 4 heteroatoms. The van der Waals surface area contributed by atoms with E-state index in [0.717, 1.165) is 48.3 Å². The minimum Gasteiger partial charge on any atom is -0.398 e. The molecule has 1 heterocycles. The van der Waals surface area contributed by atoms with Crippen molar-refractivity contribution in [2.24, 2.45) is 5.92 Å². The van der Waals surface area contributed by atoms with Gasteiger partial charge in [0.25, 0.3) is 0 Å². The molecule has 0 saturated carbocycles. The van der Waals surface area contributed by atoms with Gasteiger partial charge in [0.2, 0.25) is 0 Å². The van der Waals surface area contributed by atoms with E-state index in [9.17, 15) is 0 Å². The first-order valence-electron chi connectivity index (χ1n) is 7.12. The molecule has 3 N–H and O–H groups in total. The molecule has 20 heavy (non-hydrogen) atoms. The molecule has 108 valence electrons. The second-order valence-electron chi connectivity index (χ2n) is 5.37. The summed E-state index contributed by atoms with van der Waals surface area (Å²) in [7, 11) is 0. The molecular formula is C16H23N3O. The van der Waals surface area contributed by atoms with Crippen molar-refractivity contribution in [1.82, 2.24) is 4.98 Å². The van der Waals surface area contributed by atoms with Crippen molar-refractivity contribution in [3.8, 4) is 0 Å². The molecule has 2 rings (SSSR count). The Morgan fingerprint density at radius 3 is 2.90 bits per heavy atom. The fourth-order valence-corrected chi connectivity index (χ4v) is 2.08. The molecule has 0 atom stereocenters. The van der Waals surface area contributed by atoms with Gasteiger partial charge in [0.15, 0.2) is 0 Å². The molecule has 2 aromatic rings. The summed E-state index contributed by atoms with van der Waals surface area (Å²) in [5, 5.41) is 5.55. The Morgan fingerprint density at radius 1 is 1.25 bits per heavy atom. The quantitative estimate of drug-likeness (QED) is 0.600. The van der Waals surface area contributed by atoms with Crippen LogP contribution in [0.4, 0.5) is 11.4 Å². The Labute approximate surface area is 120 Å². The van der Waals surface area contributed by atoms with E-state index >= 15 is 0 Å². The molecule has 0 aliphatic rings. The van der Waals surface area contributed by atoms with Crippen molar-refractivity contribution < 1.29 is 4.74 Å². The predicted molar refractivity (Wildman–Crippen MR) is 84.9 cm³/mol.